The molecule has 0 saturated carbocycles. The van der Waals surface area contributed by atoms with Gasteiger partial charge in [-0.1, -0.05) is 42.5 Å². The number of hydrogen-bond donors (Lipinski definition) is 0. The van der Waals surface area contributed by atoms with Crippen molar-refractivity contribution in [3.63, 3.8) is 0 Å². The van der Waals surface area contributed by atoms with Crippen LogP contribution in [0.2, 0.25) is 0 Å². The minimum atomic E-state index is -3.82. The zero-order valence-electron chi connectivity index (χ0n) is 15.0. The molecule has 0 bridgehead atoms. The van der Waals surface area contributed by atoms with Crippen molar-refractivity contribution in [1.82, 2.24) is 0 Å². The minimum absolute atomic E-state index is 0. The summed E-state index contributed by atoms with van der Waals surface area (Å²) >= 11 is 0. The fourth-order valence-corrected chi connectivity index (χ4v) is 3.50. The van der Waals surface area contributed by atoms with Gasteiger partial charge in [-0.2, -0.15) is 0 Å². The molecule has 2 aromatic rings. The Morgan fingerprint density at radius 3 is 2.62 bits per heavy atom. The van der Waals surface area contributed by atoms with Gasteiger partial charge in [-0.3, -0.25) is 0 Å². The quantitative estimate of drug-likeness (QED) is 0.427. The standard InChI is InChI=1S/C19H19N2O3S.Na/c1-3-13-24-18-6-4-5-15-9-12-17(19(15)18)20-21-25(22,23)16-10-7-14(2)8-11-16;/h3-8,10-11H,1,9,12-13H2,2H3;/q-1;+1/b20-17+;. The largest absolute Gasteiger partial charge is 1.00 e. The second kappa shape index (κ2) is 8.86. The number of aryl methyl sites for hydroxylation is 2. The first-order valence-electron chi connectivity index (χ1n) is 7.98. The van der Waals surface area contributed by atoms with Crippen LogP contribution >= 0.6 is 0 Å². The fraction of sp³-hybridized carbons (Fsp3) is 0.211. The molecule has 0 saturated heterocycles. The average Bonchev–Trinajstić information content (AvgIpc) is 3.02. The molecule has 0 N–H and O–H groups in total. The number of nitrogens with zero attached hydrogens (tertiary/aromatic N) is 2. The van der Waals surface area contributed by atoms with Gasteiger partial charge in [0.15, 0.2) is 0 Å². The van der Waals surface area contributed by atoms with E-state index in [0.29, 0.717) is 24.5 Å². The molecule has 1 aliphatic rings. The van der Waals surface area contributed by atoms with Crippen LogP contribution in [0.25, 0.3) is 4.83 Å². The van der Waals surface area contributed by atoms with E-state index in [1.807, 2.05) is 25.1 Å². The van der Waals surface area contributed by atoms with Crippen LogP contribution in [0.3, 0.4) is 0 Å². The second-order valence-electron chi connectivity index (χ2n) is 5.81. The first-order chi connectivity index (χ1) is 12.0. The molecule has 5 nitrogen and oxygen atoms in total. The van der Waals surface area contributed by atoms with E-state index in [4.69, 9.17) is 4.74 Å². The van der Waals surface area contributed by atoms with Crippen molar-refractivity contribution in [2.45, 2.75) is 24.7 Å². The summed E-state index contributed by atoms with van der Waals surface area (Å²) in [6.07, 6.45) is 3.09. The maximum atomic E-state index is 12.4. The van der Waals surface area contributed by atoms with E-state index < -0.39 is 10.0 Å². The number of fused-ring (bicyclic) bond motifs is 1. The molecule has 1 aliphatic carbocycles. The molecule has 2 aromatic carbocycles. The van der Waals surface area contributed by atoms with E-state index in [-0.39, 0.29) is 34.5 Å². The monoisotopic (exact) mass is 378 g/mol. The summed E-state index contributed by atoms with van der Waals surface area (Å²) in [5.41, 5.74) is 3.54. The third-order valence-corrected chi connectivity index (χ3v) is 5.14. The number of rotatable bonds is 6. The predicted molar refractivity (Wildman–Crippen MR) is 98.7 cm³/mol. The first-order valence-corrected chi connectivity index (χ1v) is 9.42. The van der Waals surface area contributed by atoms with Gasteiger partial charge in [-0.15, -0.1) is 0 Å². The molecule has 0 aliphatic heterocycles. The molecule has 3 rings (SSSR count). The Hall–Kier alpha value is -1.60. The van der Waals surface area contributed by atoms with Gasteiger partial charge in [-0.05, 0) is 43.5 Å². The van der Waals surface area contributed by atoms with Crippen LogP contribution in [0.1, 0.15) is 23.1 Å². The zero-order valence-corrected chi connectivity index (χ0v) is 17.8. The van der Waals surface area contributed by atoms with Gasteiger partial charge in [0, 0.05) is 11.3 Å². The Morgan fingerprint density at radius 1 is 1.19 bits per heavy atom. The Balaban J connectivity index is 0.00000243. The summed E-state index contributed by atoms with van der Waals surface area (Å²) in [4.78, 5) is 3.78. The van der Waals surface area contributed by atoms with Crippen LogP contribution in [0.15, 0.2) is 65.1 Å². The third-order valence-electron chi connectivity index (χ3n) is 3.98. The molecule has 0 spiro atoms. The van der Waals surface area contributed by atoms with E-state index in [9.17, 15) is 8.42 Å². The van der Waals surface area contributed by atoms with Crippen LogP contribution in [-0.2, 0) is 16.4 Å². The molecular weight excluding hydrogens is 359 g/mol. The topological polar surface area (TPSA) is 69.8 Å². The van der Waals surface area contributed by atoms with Crippen LogP contribution < -0.4 is 34.3 Å². The van der Waals surface area contributed by atoms with Crippen LogP contribution in [0.5, 0.6) is 5.75 Å². The van der Waals surface area contributed by atoms with E-state index in [1.165, 1.54) is 12.1 Å². The van der Waals surface area contributed by atoms with Crippen molar-refractivity contribution in [3.8, 4) is 5.75 Å². The minimum Gasteiger partial charge on any atom is -0.490 e. The molecular formula is C19H19N2NaO3S. The van der Waals surface area contributed by atoms with Gasteiger partial charge in [0.05, 0.1) is 4.90 Å². The van der Waals surface area contributed by atoms with E-state index in [2.05, 4.69) is 16.5 Å². The van der Waals surface area contributed by atoms with Gasteiger partial charge in [0.25, 0.3) is 0 Å². The van der Waals surface area contributed by atoms with Crippen LogP contribution in [-0.4, -0.2) is 20.7 Å². The Labute approximate surface area is 176 Å². The summed E-state index contributed by atoms with van der Waals surface area (Å²) in [5, 5.41) is 4.05. The van der Waals surface area contributed by atoms with Crippen molar-refractivity contribution < 1.29 is 42.7 Å². The molecule has 0 atom stereocenters. The smallest absolute Gasteiger partial charge is 0.490 e. The van der Waals surface area contributed by atoms with Crippen molar-refractivity contribution in [2.75, 3.05) is 6.61 Å². The molecule has 0 fully saturated rings. The Kier molecular flexibility index (Phi) is 7.06. The average molecular weight is 378 g/mol. The molecule has 0 aromatic heterocycles. The third kappa shape index (κ3) is 4.57. The number of ether oxygens (including phenoxy) is 1. The van der Waals surface area contributed by atoms with Crippen LogP contribution in [0.4, 0.5) is 0 Å². The molecule has 0 unspecified atom stereocenters. The molecule has 0 radical (unpaired) electrons. The van der Waals surface area contributed by atoms with Gasteiger partial charge >= 0.3 is 29.6 Å². The van der Waals surface area contributed by atoms with Gasteiger partial charge in [-0.25, -0.2) is 8.42 Å². The molecule has 130 valence electrons. The van der Waals surface area contributed by atoms with Crippen LogP contribution in [0, 0.1) is 6.92 Å². The Bertz CT molecular complexity index is 922. The van der Waals surface area contributed by atoms with E-state index in [0.717, 1.165) is 23.1 Å². The van der Waals surface area contributed by atoms with Crippen molar-refractivity contribution >= 4 is 15.7 Å². The normalized spacial score (nSPS) is 14.4. The second-order valence-corrected chi connectivity index (χ2v) is 7.39. The molecule has 0 amide bonds. The summed E-state index contributed by atoms with van der Waals surface area (Å²) in [7, 11) is -3.82. The van der Waals surface area contributed by atoms with E-state index >= 15 is 0 Å². The SMILES string of the molecule is C=CCOc1cccc2c1/C(=N/[N-]S(=O)(=O)c1ccc(C)cc1)CC2.[Na+]. The van der Waals surface area contributed by atoms with Crippen molar-refractivity contribution in [3.05, 3.63) is 76.6 Å². The van der Waals surface area contributed by atoms with Crippen molar-refractivity contribution in [2.24, 2.45) is 5.10 Å². The van der Waals surface area contributed by atoms with Gasteiger partial charge in [0.1, 0.15) is 22.4 Å². The van der Waals surface area contributed by atoms with Gasteiger partial charge < -0.3 is 14.7 Å². The predicted octanol–water partition coefficient (Wildman–Crippen LogP) is 0.977. The maximum Gasteiger partial charge on any atom is 1.00 e. The number of benzene rings is 2. The maximum absolute atomic E-state index is 12.4. The van der Waals surface area contributed by atoms with Crippen molar-refractivity contribution in [1.29, 1.82) is 0 Å². The zero-order chi connectivity index (χ0) is 17.9. The molecule has 0 heterocycles. The fourth-order valence-electron chi connectivity index (χ4n) is 2.72. The molecule has 26 heavy (non-hydrogen) atoms. The first kappa shape index (κ1) is 20.7. The molecule has 7 heteroatoms. The number of sulfonamides is 1. The van der Waals surface area contributed by atoms with Gasteiger partial charge in [0.2, 0.25) is 0 Å². The number of hydrogen-bond acceptors (Lipinski definition) is 4. The van der Waals surface area contributed by atoms with E-state index in [1.54, 1.807) is 18.2 Å². The summed E-state index contributed by atoms with van der Waals surface area (Å²) < 4.78 is 30.4. The summed E-state index contributed by atoms with van der Waals surface area (Å²) in [6, 6.07) is 12.3. The summed E-state index contributed by atoms with van der Waals surface area (Å²) in [6.45, 7) is 5.92. The Morgan fingerprint density at radius 2 is 1.92 bits per heavy atom. The summed E-state index contributed by atoms with van der Waals surface area (Å²) in [5.74, 6) is 0.677.